The Bertz CT molecular complexity index is 151. The van der Waals surface area contributed by atoms with Gasteiger partial charge in [-0.3, -0.25) is 0 Å². The molecule has 0 aromatic rings. The van der Waals surface area contributed by atoms with Crippen molar-refractivity contribution in [2.75, 3.05) is 0 Å². The van der Waals surface area contributed by atoms with Gasteiger partial charge >= 0.3 is 39.5 Å². The van der Waals surface area contributed by atoms with Crippen molar-refractivity contribution < 1.29 is 57.6 Å². The fraction of sp³-hybridized carbons (Fsp3) is 0.500. The normalized spacial score (nSPS) is 13.4. The molecule has 7 nitrogen and oxygen atoms in total. The van der Waals surface area contributed by atoms with E-state index in [2.05, 4.69) is 0 Å². The molecular weight excluding hydrogens is 251 g/mol. The van der Waals surface area contributed by atoms with Crippen LogP contribution in [0.25, 0.3) is 0 Å². The molecule has 0 aromatic heterocycles. The van der Waals surface area contributed by atoms with Gasteiger partial charge in [-0.2, -0.15) is 0 Å². The van der Waals surface area contributed by atoms with Gasteiger partial charge in [0, 0.05) is 0 Å². The molecule has 4 N–H and O–H groups in total. The van der Waals surface area contributed by atoms with E-state index in [-0.39, 0.29) is 0 Å². The first-order valence-electron chi connectivity index (χ1n) is 2.49. The summed E-state index contributed by atoms with van der Waals surface area (Å²) in [4.78, 5) is 19.5. The van der Waals surface area contributed by atoms with Crippen LogP contribution < -0.4 is 0 Å². The molecule has 0 saturated carbocycles. The quantitative estimate of drug-likeness (QED) is 0.449. The second-order valence-corrected chi connectivity index (χ2v) is 1.57. The van der Waals surface area contributed by atoms with E-state index in [0.717, 1.165) is 0 Å². The number of carboxylic acids is 2. The second kappa shape index (κ2) is 7.21. The molecule has 0 aliphatic rings. The average molecular weight is 257 g/mol. The van der Waals surface area contributed by atoms with Crippen molar-refractivity contribution in [1.82, 2.24) is 0 Å². The van der Waals surface area contributed by atoms with Gasteiger partial charge in [0.15, 0.2) is 12.2 Å². The van der Waals surface area contributed by atoms with Crippen molar-refractivity contribution in [3.05, 3.63) is 0 Å². The summed E-state index contributed by atoms with van der Waals surface area (Å²) in [6, 6.07) is 0. The summed E-state index contributed by atoms with van der Waals surface area (Å²) in [5, 5.41) is 32.5. The van der Waals surface area contributed by atoms with E-state index in [4.69, 9.17) is 23.2 Å². The summed E-state index contributed by atoms with van der Waals surface area (Å²) >= 11 is 0.300. The average Bonchev–Trinajstić information content (AvgIpc) is 2.05. The maximum atomic E-state index is 9.77. The van der Waals surface area contributed by atoms with E-state index in [1.807, 2.05) is 0 Å². The van der Waals surface area contributed by atoms with E-state index in [9.17, 15) is 9.59 Å². The van der Waals surface area contributed by atoms with Gasteiger partial charge in [-0.1, -0.05) is 0 Å². The summed E-state index contributed by atoms with van der Waals surface area (Å²) in [5.41, 5.74) is 0. The maximum absolute atomic E-state index is 9.77. The van der Waals surface area contributed by atoms with Gasteiger partial charge in [0.1, 0.15) is 0 Å². The van der Waals surface area contributed by atoms with Crippen LogP contribution in [0.2, 0.25) is 0 Å². The molecule has 2 unspecified atom stereocenters. The van der Waals surface area contributed by atoms with Crippen LogP contribution in [-0.4, -0.2) is 44.6 Å². The molecule has 0 aliphatic carbocycles. The molecular formula is C4H6O7Zr. The van der Waals surface area contributed by atoms with Crippen LogP contribution in [0.5, 0.6) is 0 Å². The van der Waals surface area contributed by atoms with Crippen molar-refractivity contribution in [3.8, 4) is 0 Å². The van der Waals surface area contributed by atoms with Crippen LogP contribution in [-0.2, 0) is 37.1 Å². The van der Waals surface area contributed by atoms with Crippen LogP contribution in [0.15, 0.2) is 0 Å². The van der Waals surface area contributed by atoms with Gasteiger partial charge in [-0.05, 0) is 0 Å². The molecule has 0 heterocycles. The minimum atomic E-state index is -2.27. The molecule has 0 amide bonds. The van der Waals surface area contributed by atoms with Crippen molar-refractivity contribution in [2.45, 2.75) is 12.2 Å². The number of carboxylic acid groups (broad SMARTS) is 2. The number of hydrogen-bond acceptors (Lipinski definition) is 5. The Balaban J connectivity index is 0. The van der Waals surface area contributed by atoms with Gasteiger partial charge in [-0.25, -0.2) is 9.59 Å². The number of aliphatic hydroxyl groups excluding tert-OH is 2. The SMILES string of the molecule is O=C(O)C(O)C(O)C(=O)O.[O]=[Zr]. The van der Waals surface area contributed by atoms with Crippen LogP contribution in [0.4, 0.5) is 0 Å². The van der Waals surface area contributed by atoms with Crippen LogP contribution in [0.1, 0.15) is 0 Å². The van der Waals surface area contributed by atoms with Gasteiger partial charge < -0.3 is 20.4 Å². The topological polar surface area (TPSA) is 132 Å². The fourth-order valence-corrected chi connectivity index (χ4v) is 0.270. The van der Waals surface area contributed by atoms with Gasteiger partial charge in [0.2, 0.25) is 0 Å². The third-order valence-corrected chi connectivity index (χ3v) is 0.805. The molecule has 8 heteroatoms. The first-order chi connectivity index (χ1) is 5.46. The predicted octanol–water partition coefficient (Wildman–Crippen LogP) is -2.24. The van der Waals surface area contributed by atoms with E-state index >= 15 is 0 Å². The Labute approximate surface area is 81.9 Å². The number of rotatable bonds is 3. The molecule has 0 aromatic carbocycles. The molecule has 0 spiro atoms. The monoisotopic (exact) mass is 256 g/mol. The summed E-state index contributed by atoms with van der Waals surface area (Å²) < 4.78 is 8.34. The zero-order chi connectivity index (χ0) is 10.3. The van der Waals surface area contributed by atoms with Gasteiger partial charge in [-0.15, -0.1) is 0 Å². The molecule has 0 saturated heterocycles. The zero-order valence-electron chi connectivity index (χ0n) is 5.67. The van der Waals surface area contributed by atoms with Crippen LogP contribution >= 0.6 is 0 Å². The van der Waals surface area contributed by atoms with Crippen molar-refractivity contribution in [3.63, 3.8) is 0 Å². The number of hydrogen-bond donors (Lipinski definition) is 4. The second-order valence-electron chi connectivity index (χ2n) is 1.57. The molecule has 0 aliphatic heterocycles. The van der Waals surface area contributed by atoms with Gasteiger partial charge in [0.25, 0.3) is 0 Å². The third-order valence-electron chi connectivity index (χ3n) is 0.805. The fourth-order valence-electron chi connectivity index (χ4n) is 0.270. The van der Waals surface area contributed by atoms with E-state index < -0.39 is 24.1 Å². The molecule has 12 heavy (non-hydrogen) atoms. The molecule has 68 valence electrons. The number of aliphatic hydroxyl groups is 2. The van der Waals surface area contributed by atoms with Crippen molar-refractivity contribution in [2.24, 2.45) is 0 Å². The Morgan fingerprint density at radius 3 is 1.17 bits per heavy atom. The predicted molar refractivity (Wildman–Crippen MR) is 28.0 cm³/mol. The molecule has 0 radical (unpaired) electrons. The van der Waals surface area contributed by atoms with Crippen LogP contribution in [0.3, 0.4) is 0 Å². The Morgan fingerprint density at radius 1 is 0.917 bits per heavy atom. The summed E-state index contributed by atoms with van der Waals surface area (Å²) in [7, 11) is 0. The van der Waals surface area contributed by atoms with E-state index in [1.165, 1.54) is 0 Å². The summed E-state index contributed by atoms with van der Waals surface area (Å²) in [6.07, 6.45) is -4.53. The standard InChI is InChI=1S/C4H6O6.O.Zr/c5-1(3(7)8)2(6)4(9)10;;/h1-2,5-6H,(H,7,8)(H,9,10);;. The molecule has 0 rings (SSSR count). The zero-order valence-corrected chi connectivity index (χ0v) is 8.13. The van der Waals surface area contributed by atoms with E-state index in [1.54, 1.807) is 0 Å². The van der Waals surface area contributed by atoms with Crippen LogP contribution in [0, 0.1) is 0 Å². The van der Waals surface area contributed by atoms with Gasteiger partial charge in [0.05, 0.1) is 0 Å². The first kappa shape index (κ1) is 14.1. The molecule has 0 bridgehead atoms. The van der Waals surface area contributed by atoms with Crippen molar-refractivity contribution in [1.29, 1.82) is 0 Å². The summed E-state index contributed by atoms with van der Waals surface area (Å²) in [5.74, 6) is -3.54. The summed E-state index contributed by atoms with van der Waals surface area (Å²) in [6.45, 7) is 0. The third kappa shape index (κ3) is 5.23. The first-order valence-corrected chi connectivity index (χ1v) is 3.49. The number of aliphatic carboxylic acids is 2. The van der Waals surface area contributed by atoms with Crippen molar-refractivity contribution >= 4 is 11.9 Å². The van der Waals surface area contributed by atoms with E-state index in [0.29, 0.717) is 24.7 Å². The Kier molecular flexibility index (Phi) is 8.46. The Hall–Kier alpha value is -0.457. The molecule has 0 fully saturated rings. The minimum absolute atomic E-state index is 0.300. The Morgan fingerprint density at radius 2 is 1.08 bits per heavy atom. The molecule has 2 atom stereocenters. The number of carbonyl (C=O) groups is 2.